The third-order valence-electron chi connectivity index (χ3n) is 6.07. The third kappa shape index (κ3) is 7.26. The van der Waals surface area contributed by atoms with E-state index in [9.17, 15) is 17.6 Å². The van der Waals surface area contributed by atoms with Crippen LogP contribution in [0.3, 0.4) is 0 Å². The smallest absolute Gasteiger partial charge is 0.270 e. The van der Waals surface area contributed by atoms with E-state index in [4.69, 9.17) is 4.74 Å². The summed E-state index contributed by atoms with van der Waals surface area (Å²) in [5.74, 6) is 0.139. The van der Waals surface area contributed by atoms with Gasteiger partial charge in [0.25, 0.3) is 5.91 Å². The molecule has 1 aliphatic rings. The summed E-state index contributed by atoms with van der Waals surface area (Å²) in [6.45, 7) is 2.37. The first-order chi connectivity index (χ1) is 17.6. The van der Waals surface area contributed by atoms with Gasteiger partial charge in [0.2, 0.25) is 15.8 Å². The number of carbonyl (C=O) groups excluding carboxylic acids is 1. The first kappa shape index (κ1) is 26.5. The molecule has 1 aliphatic carbocycles. The number of methoxy groups -OCH3 is 1. The number of sulfonamides is 1. The molecule has 2 N–H and O–H groups in total. The molecule has 2 aromatic heterocycles. The van der Waals surface area contributed by atoms with Gasteiger partial charge in [0.15, 0.2) is 11.6 Å². The molecule has 37 heavy (non-hydrogen) atoms. The maximum absolute atomic E-state index is 13.6. The third-order valence-corrected chi connectivity index (χ3v) is 6.83. The zero-order valence-corrected chi connectivity index (χ0v) is 21.6. The van der Waals surface area contributed by atoms with Crippen molar-refractivity contribution >= 4 is 15.9 Å². The predicted molar refractivity (Wildman–Crippen MR) is 131 cm³/mol. The second kappa shape index (κ2) is 11.3. The minimum absolute atomic E-state index is 0.0378. The van der Waals surface area contributed by atoms with E-state index >= 15 is 0 Å². The lowest BCUT2D eigenvalue weighted by atomic mass is 9.86. The summed E-state index contributed by atoms with van der Waals surface area (Å²) in [4.78, 5) is 22.8. The summed E-state index contributed by atoms with van der Waals surface area (Å²) in [6, 6.07) is 5.82. The van der Waals surface area contributed by atoms with Crippen molar-refractivity contribution < 1.29 is 22.3 Å². The molecule has 0 radical (unpaired) electrons. The molecule has 1 fully saturated rings. The van der Waals surface area contributed by atoms with Gasteiger partial charge < -0.3 is 10.1 Å². The van der Waals surface area contributed by atoms with Crippen LogP contribution in [0.2, 0.25) is 0 Å². The molecule has 198 valence electrons. The van der Waals surface area contributed by atoms with Crippen molar-refractivity contribution in [3.63, 3.8) is 0 Å². The first-order valence-electron chi connectivity index (χ1n) is 11.8. The zero-order chi connectivity index (χ0) is 26.6. The number of ether oxygens (including phenoxy) is 1. The summed E-state index contributed by atoms with van der Waals surface area (Å²) in [7, 11) is -1.84. The molecule has 1 saturated carbocycles. The molecule has 2 heterocycles. The number of nitrogens with zero attached hydrogens (tertiary/aromatic N) is 6. The Kier molecular flexibility index (Phi) is 8.07. The van der Waals surface area contributed by atoms with E-state index in [-0.39, 0.29) is 29.9 Å². The lowest BCUT2D eigenvalue weighted by Crippen LogP contribution is -2.37. The monoisotopic (exact) mass is 532 g/mol. The number of benzene rings is 1. The van der Waals surface area contributed by atoms with Gasteiger partial charge in [-0.05, 0) is 67.5 Å². The molecule has 0 atom stereocenters. The van der Waals surface area contributed by atoms with E-state index in [1.54, 1.807) is 13.0 Å². The Balaban J connectivity index is 1.38. The number of nitrogens with one attached hydrogen (secondary N) is 2. The molecular weight excluding hydrogens is 503 g/mol. The largest absolute Gasteiger partial charge is 0.494 e. The number of halogens is 1. The molecule has 3 aromatic rings. The maximum atomic E-state index is 13.6. The van der Waals surface area contributed by atoms with E-state index in [1.807, 2.05) is 0 Å². The number of amides is 1. The lowest BCUT2D eigenvalue weighted by molar-refractivity contribution is 0.0945. The van der Waals surface area contributed by atoms with E-state index in [0.29, 0.717) is 29.5 Å². The molecule has 1 amide bonds. The summed E-state index contributed by atoms with van der Waals surface area (Å²) in [5, 5.41) is 15.4. The molecule has 12 nitrogen and oxygen atoms in total. The summed E-state index contributed by atoms with van der Waals surface area (Å²) in [6.07, 6.45) is 4.38. The van der Waals surface area contributed by atoms with Gasteiger partial charge in [-0.15, -0.1) is 10.2 Å². The van der Waals surface area contributed by atoms with Crippen molar-refractivity contribution in [3.8, 4) is 17.3 Å². The SMILES string of the molecule is COc1cc(CNC(=O)c2cc(-c3nnn(CC4CCC(NS(C)(=O)=O)CC4)n3)nc(C)n2)ccc1F. The highest BCUT2D eigenvalue weighted by molar-refractivity contribution is 7.88. The average molecular weight is 533 g/mol. The van der Waals surface area contributed by atoms with Crippen LogP contribution in [0.5, 0.6) is 5.75 Å². The minimum atomic E-state index is -3.21. The van der Waals surface area contributed by atoms with Crippen molar-refractivity contribution in [1.82, 2.24) is 40.2 Å². The van der Waals surface area contributed by atoms with Crippen molar-refractivity contribution in [2.75, 3.05) is 13.4 Å². The highest BCUT2D eigenvalue weighted by Crippen LogP contribution is 2.26. The first-order valence-corrected chi connectivity index (χ1v) is 13.7. The van der Waals surface area contributed by atoms with Crippen molar-refractivity contribution in [3.05, 3.63) is 47.2 Å². The molecule has 14 heteroatoms. The van der Waals surface area contributed by atoms with Gasteiger partial charge in [-0.1, -0.05) is 6.07 Å². The Hall–Kier alpha value is -3.52. The maximum Gasteiger partial charge on any atom is 0.270 e. The normalized spacial score (nSPS) is 17.9. The second-order valence-corrected chi connectivity index (χ2v) is 10.9. The van der Waals surface area contributed by atoms with Gasteiger partial charge in [0.1, 0.15) is 17.2 Å². The second-order valence-electron chi connectivity index (χ2n) is 9.11. The molecular formula is C23H29FN8O4S. The Morgan fingerprint density at radius 2 is 1.95 bits per heavy atom. The van der Waals surface area contributed by atoms with Gasteiger partial charge in [0, 0.05) is 12.6 Å². The standard InChI is InChI=1S/C23H29FN8O4S/c1-14-26-19(11-20(27-14)23(33)25-12-16-6-9-18(24)21(10-16)36-2)22-28-31-32(29-22)13-15-4-7-17(8-5-15)30-37(3,34)35/h6,9-11,15,17,30H,4-5,7-8,12-13H2,1-3H3,(H,25,33). The van der Waals surface area contributed by atoms with Gasteiger partial charge in [0.05, 0.1) is 19.9 Å². The Bertz CT molecular complexity index is 1370. The highest BCUT2D eigenvalue weighted by Gasteiger charge is 2.24. The van der Waals surface area contributed by atoms with Gasteiger partial charge >= 0.3 is 0 Å². The fourth-order valence-electron chi connectivity index (χ4n) is 4.31. The average Bonchev–Trinajstić information content (AvgIpc) is 3.32. The molecule has 4 rings (SSSR count). The topological polar surface area (TPSA) is 154 Å². The fraction of sp³-hybridized carbons (Fsp3) is 0.478. The highest BCUT2D eigenvalue weighted by atomic mass is 32.2. The minimum Gasteiger partial charge on any atom is -0.494 e. The lowest BCUT2D eigenvalue weighted by Gasteiger charge is -2.27. The summed E-state index contributed by atoms with van der Waals surface area (Å²) in [5.41, 5.74) is 1.18. The van der Waals surface area contributed by atoms with Crippen LogP contribution in [0, 0.1) is 18.7 Å². The van der Waals surface area contributed by atoms with E-state index in [0.717, 1.165) is 25.7 Å². The van der Waals surface area contributed by atoms with Crippen molar-refractivity contribution in [2.24, 2.45) is 5.92 Å². The predicted octanol–water partition coefficient (Wildman–Crippen LogP) is 1.62. The number of aromatic nitrogens is 6. The molecule has 0 unspecified atom stereocenters. The van der Waals surface area contributed by atoms with E-state index in [2.05, 4.69) is 35.4 Å². The van der Waals surface area contributed by atoms with Crippen LogP contribution in [0.15, 0.2) is 24.3 Å². The number of aryl methyl sites for hydroxylation is 1. The number of carbonyl (C=O) groups is 1. The Morgan fingerprint density at radius 3 is 2.65 bits per heavy atom. The van der Waals surface area contributed by atoms with Gasteiger partial charge in [-0.25, -0.2) is 27.5 Å². The van der Waals surface area contributed by atoms with Crippen LogP contribution in [0.1, 0.15) is 47.6 Å². The molecule has 1 aromatic carbocycles. The Morgan fingerprint density at radius 1 is 1.19 bits per heavy atom. The van der Waals surface area contributed by atoms with Gasteiger partial charge in [-0.3, -0.25) is 4.79 Å². The number of rotatable bonds is 9. The summed E-state index contributed by atoms with van der Waals surface area (Å²) < 4.78 is 44.1. The Labute approximate surface area is 214 Å². The molecule has 0 bridgehead atoms. The van der Waals surface area contributed by atoms with Gasteiger partial charge in [-0.2, -0.15) is 4.80 Å². The fourth-order valence-corrected chi connectivity index (χ4v) is 5.15. The van der Waals surface area contributed by atoms with Crippen LogP contribution in [-0.4, -0.2) is 63.9 Å². The summed E-state index contributed by atoms with van der Waals surface area (Å²) >= 11 is 0. The van der Waals surface area contributed by atoms with Crippen LogP contribution < -0.4 is 14.8 Å². The van der Waals surface area contributed by atoms with Crippen LogP contribution in [0.4, 0.5) is 4.39 Å². The number of tetrazole rings is 1. The zero-order valence-electron chi connectivity index (χ0n) is 20.8. The van der Waals surface area contributed by atoms with E-state index in [1.165, 1.54) is 36.4 Å². The molecule has 0 spiro atoms. The van der Waals surface area contributed by atoms with Crippen molar-refractivity contribution in [1.29, 1.82) is 0 Å². The molecule has 0 aliphatic heterocycles. The van der Waals surface area contributed by atoms with Crippen LogP contribution in [0.25, 0.3) is 11.5 Å². The van der Waals surface area contributed by atoms with Crippen LogP contribution in [-0.2, 0) is 23.1 Å². The van der Waals surface area contributed by atoms with Crippen molar-refractivity contribution in [2.45, 2.75) is 51.7 Å². The number of hydrogen-bond acceptors (Lipinski definition) is 9. The quantitative estimate of drug-likeness (QED) is 0.418. The number of hydrogen-bond donors (Lipinski definition) is 2. The van der Waals surface area contributed by atoms with E-state index < -0.39 is 21.7 Å². The van der Waals surface area contributed by atoms with Crippen LogP contribution >= 0.6 is 0 Å². The molecule has 0 saturated heterocycles.